The Hall–Kier alpha value is -0.780. The van der Waals surface area contributed by atoms with Crippen LogP contribution in [0.5, 0.6) is 5.88 Å². The van der Waals surface area contributed by atoms with E-state index >= 15 is 0 Å². The summed E-state index contributed by atoms with van der Waals surface area (Å²) in [6, 6.07) is 0. The average Bonchev–Trinajstić information content (AvgIpc) is 3.09. The van der Waals surface area contributed by atoms with E-state index in [9.17, 15) is 0 Å². The molecule has 1 saturated heterocycles. The van der Waals surface area contributed by atoms with Crippen LogP contribution < -0.4 is 10.5 Å². The van der Waals surface area contributed by atoms with Gasteiger partial charge in [0.05, 0.1) is 37.0 Å². The molecule has 0 aromatic carbocycles. The SMILES string of the molecule is CC(C)(C)c1cnn2c1OCC1(CN(SI)C1)C2.CN1CCN=C(/C=C(\N)C(C)(C)C)C1. The molecular formula is C23H39IN6OS. The first kappa shape index (κ1) is 25.8. The summed E-state index contributed by atoms with van der Waals surface area (Å²) in [4.78, 5) is 6.71. The van der Waals surface area contributed by atoms with Crippen molar-refractivity contribution in [1.29, 1.82) is 0 Å². The van der Waals surface area contributed by atoms with Gasteiger partial charge in [0.1, 0.15) is 0 Å². The second kappa shape index (κ2) is 9.84. The number of allylic oxidation sites excluding steroid dienone is 1. The number of likely N-dealkylation sites (N-methyl/N-ethyl adjacent to an activating group) is 1. The predicted molar refractivity (Wildman–Crippen MR) is 144 cm³/mol. The molecule has 180 valence electrons. The summed E-state index contributed by atoms with van der Waals surface area (Å²) >= 11 is 2.34. The number of fused-ring (bicyclic) bond motifs is 1. The molecule has 1 aromatic heterocycles. The molecular weight excluding hydrogens is 535 g/mol. The molecule has 0 saturated carbocycles. The smallest absolute Gasteiger partial charge is 0.215 e. The van der Waals surface area contributed by atoms with Crippen LogP contribution in [0.1, 0.15) is 47.1 Å². The van der Waals surface area contributed by atoms with Crippen molar-refractivity contribution in [2.75, 3.05) is 46.4 Å². The van der Waals surface area contributed by atoms with E-state index in [1.165, 1.54) is 5.56 Å². The first-order valence-electron chi connectivity index (χ1n) is 11.3. The van der Waals surface area contributed by atoms with Gasteiger partial charge >= 0.3 is 0 Å². The highest BCUT2D eigenvalue weighted by molar-refractivity contribution is 14.2. The van der Waals surface area contributed by atoms with Crippen molar-refractivity contribution in [3.8, 4) is 5.88 Å². The molecule has 4 heterocycles. The minimum Gasteiger partial charge on any atom is -0.477 e. The number of aliphatic imine (C=N–C) groups is 1. The summed E-state index contributed by atoms with van der Waals surface area (Å²) in [5, 5.41) is 4.52. The Kier molecular flexibility index (Phi) is 7.94. The molecule has 0 bridgehead atoms. The van der Waals surface area contributed by atoms with Crippen molar-refractivity contribution in [1.82, 2.24) is 19.0 Å². The molecule has 1 aromatic rings. The van der Waals surface area contributed by atoms with E-state index in [2.05, 4.69) is 93.8 Å². The maximum atomic E-state index is 6.03. The monoisotopic (exact) mass is 574 g/mol. The highest BCUT2D eigenvalue weighted by atomic mass is 127. The lowest BCUT2D eigenvalue weighted by atomic mass is 9.81. The molecule has 3 aliphatic rings. The van der Waals surface area contributed by atoms with Crippen LogP contribution in [0.2, 0.25) is 0 Å². The zero-order valence-electron chi connectivity index (χ0n) is 20.6. The van der Waals surface area contributed by atoms with Gasteiger partial charge in [-0.15, -0.1) is 0 Å². The molecule has 0 amide bonds. The Morgan fingerprint density at radius 1 is 1.22 bits per heavy atom. The molecule has 0 radical (unpaired) electrons. The minimum atomic E-state index is 0.0402. The van der Waals surface area contributed by atoms with Crippen LogP contribution in [0, 0.1) is 10.8 Å². The van der Waals surface area contributed by atoms with Gasteiger partial charge in [-0.2, -0.15) is 5.10 Å². The first-order chi connectivity index (χ1) is 14.8. The quantitative estimate of drug-likeness (QED) is 0.423. The largest absolute Gasteiger partial charge is 0.477 e. The Morgan fingerprint density at radius 3 is 2.47 bits per heavy atom. The Labute approximate surface area is 209 Å². The topological polar surface area (TPSA) is 71.9 Å². The number of ether oxygens (including phenoxy) is 1. The van der Waals surface area contributed by atoms with E-state index in [4.69, 9.17) is 10.5 Å². The van der Waals surface area contributed by atoms with Crippen LogP contribution in [0.3, 0.4) is 0 Å². The van der Waals surface area contributed by atoms with E-state index in [1.54, 1.807) is 9.12 Å². The third-order valence-corrected chi connectivity index (χ3v) is 8.26. The summed E-state index contributed by atoms with van der Waals surface area (Å²) in [5.41, 5.74) is 9.64. The second-order valence-electron chi connectivity index (χ2n) is 11.4. The van der Waals surface area contributed by atoms with Gasteiger partial charge in [-0.05, 0) is 27.7 Å². The summed E-state index contributed by atoms with van der Waals surface area (Å²) in [6.45, 7) is 19.8. The summed E-state index contributed by atoms with van der Waals surface area (Å²) < 4.78 is 10.5. The molecule has 0 aliphatic carbocycles. The van der Waals surface area contributed by atoms with Crippen molar-refractivity contribution in [2.24, 2.45) is 21.6 Å². The second-order valence-corrected chi connectivity index (χ2v) is 13.2. The summed E-state index contributed by atoms with van der Waals surface area (Å²) in [5.74, 6) is 0.980. The lowest BCUT2D eigenvalue weighted by Crippen LogP contribution is -2.59. The highest BCUT2D eigenvalue weighted by Gasteiger charge is 2.48. The molecule has 32 heavy (non-hydrogen) atoms. The van der Waals surface area contributed by atoms with Crippen molar-refractivity contribution in [3.05, 3.63) is 23.5 Å². The fourth-order valence-electron chi connectivity index (χ4n) is 3.94. The number of halogens is 1. The molecule has 9 heteroatoms. The fraction of sp³-hybridized carbons (Fsp3) is 0.739. The standard InChI is InChI=1S/C12H18IN3OS.C11H21N3/c1-11(2,3)9-4-14-16-7-12(8-17-10(9)16)5-15(6-12)18-13;1-11(2,3)10(12)7-9-8-14(4)6-5-13-9/h4H,5-8H2,1-3H3;7H,5-6,8,12H2,1-4H3/b;10-7-. The van der Waals surface area contributed by atoms with Crippen LogP contribution in [-0.2, 0) is 12.0 Å². The lowest BCUT2D eigenvalue weighted by molar-refractivity contribution is -0.0212. The van der Waals surface area contributed by atoms with Crippen LogP contribution >= 0.6 is 30.3 Å². The van der Waals surface area contributed by atoms with Crippen molar-refractivity contribution in [2.45, 2.75) is 53.5 Å². The molecule has 2 N–H and O–H groups in total. The summed E-state index contributed by atoms with van der Waals surface area (Å²) in [6.07, 6.45) is 3.99. The molecule has 4 rings (SSSR count). The normalized spacial score (nSPS) is 21.8. The zero-order chi connectivity index (χ0) is 23.7. The van der Waals surface area contributed by atoms with E-state index < -0.39 is 0 Å². The molecule has 0 atom stereocenters. The average molecular weight is 575 g/mol. The first-order valence-corrected chi connectivity index (χ1v) is 14.6. The van der Waals surface area contributed by atoms with Gasteiger partial charge in [-0.1, -0.05) is 41.5 Å². The van der Waals surface area contributed by atoms with Gasteiger partial charge in [-0.3, -0.25) is 9.89 Å². The third-order valence-electron chi connectivity index (χ3n) is 6.14. The third kappa shape index (κ3) is 6.21. The predicted octanol–water partition coefficient (Wildman–Crippen LogP) is 4.13. The van der Waals surface area contributed by atoms with Gasteiger partial charge in [0.15, 0.2) is 0 Å². The van der Waals surface area contributed by atoms with Gasteiger partial charge in [-0.25, -0.2) is 8.99 Å². The maximum absolute atomic E-state index is 6.03. The minimum absolute atomic E-state index is 0.0402. The van der Waals surface area contributed by atoms with Crippen molar-refractivity contribution >= 4 is 36.0 Å². The molecule has 1 spiro atoms. The number of nitrogens with two attached hydrogens (primary N) is 1. The number of hydrogen-bond donors (Lipinski definition) is 1. The van der Waals surface area contributed by atoms with Gasteiger partial charge < -0.3 is 10.5 Å². The molecule has 7 nitrogen and oxygen atoms in total. The number of rotatable bonds is 2. The molecule has 3 aliphatic heterocycles. The lowest BCUT2D eigenvalue weighted by Gasteiger charge is -2.49. The zero-order valence-corrected chi connectivity index (χ0v) is 23.6. The Bertz CT molecular complexity index is 861. The fourth-order valence-corrected chi connectivity index (χ4v) is 5.42. The number of nitrogens with zero attached hydrogens (tertiary/aromatic N) is 5. The Morgan fingerprint density at radius 2 is 1.91 bits per heavy atom. The van der Waals surface area contributed by atoms with E-state index in [-0.39, 0.29) is 16.2 Å². The van der Waals surface area contributed by atoms with Gasteiger partial charge in [0.2, 0.25) is 5.88 Å². The molecule has 1 fully saturated rings. The van der Waals surface area contributed by atoms with Gasteiger partial charge in [0.25, 0.3) is 0 Å². The van der Waals surface area contributed by atoms with Crippen LogP contribution in [-0.4, -0.2) is 71.1 Å². The summed E-state index contributed by atoms with van der Waals surface area (Å²) in [7, 11) is 3.90. The Balaban J connectivity index is 0.000000188. The van der Waals surface area contributed by atoms with Crippen LogP contribution in [0.15, 0.2) is 23.0 Å². The number of aromatic nitrogens is 2. The highest BCUT2D eigenvalue weighted by Crippen LogP contribution is 2.44. The van der Waals surface area contributed by atoms with E-state index in [0.29, 0.717) is 0 Å². The maximum Gasteiger partial charge on any atom is 0.215 e. The van der Waals surface area contributed by atoms with E-state index in [1.807, 2.05) is 12.3 Å². The molecule has 0 unspecified atom stereocenters. The van der Waals surface area contributed by atoms with E-state index in [0.717, 1.165) is 63.2 Å². The van der Waals surface area contributed by atoms with Gasteiger partial charge in [0, 0.05) is 64.1 Å². The van der Waals surface area contributed by atoms with Crippen molar-refractivity contribution < 1.29 is 4.74 Å². The van der Waals surface area contributed by atoms with Crippen molar-refractivity contribution in [3.63, 3.8) is 0 Å². The number of hydrogen-bond acceptors (Lipinski definition) is 7. The van der Waals surface area contributed by atoms with Crippen LogP contribution in [0.4, 0.5) is 0 Å². The van der Waals surface area contributed by atoms with Crippen LogP contribution in [0.25, 0.3) is 0 Å².